The van der Waals surface area contributed by atoms with Crippen LogP contribution in [0.5, 0.6) is 0 Å². The molecule has 0 atom stereocenters. The van der Waals surface area contributed by atoms with Crippen molar-refractivity contribution in [2.75, 3.05) is 32.8 Å². The molecule has 0 radical (unpaired) electrons. The first-order chi connectivity index (χ1) is 10.2. The Morgan fingerprint density at radius 2 is 1.86 bits per heavy atom. The fourth-order valence-electron chi connectivity index (χ4n) is 3.06. The van der Waals surface area contributed by atoms with Crippen LogP contribution in [-0.2, 0) is 9.53 Å². The number of carbonyl (C=O) groups excluding carboxylic acids is 2. The molecule has 2 fully saturated rings. The van der Waals surface area contributed by atoms with Gasteiger partial charge in [-0.05, 0) is 51.6 Å². The Morgan fingerprint density at radius 1 is 1.19 bits per heavy atom. The zero-order valence-corrected chi connectivity index (χ0v) is 12.9. The van der Waals surface area contributed by atoms with Crippen LogP contribution in [0.3, 0.4) is 0 Å². The fraction of sp³-hybridized carbons (Fsp3) is 0.867. The molecule has 0 unspecified atom stereocenters. The largest absolute Gasteiger partial charge is 0.450 e. The number of hydrogen-bond acceptors (Lipinski definition) is 4. The summed E-state index contributed by atoms with van der Waals surface area (Å²) >= 11 is 0. The van der Waals surface area contributed by atoms with Crippen LogP contribution >= 0.6 is 0 Å². The minimum atomic E-state index is -0.239. The molecule has 2 saturated heterocycles. The molecular weight excluding hydrogens is 270 g/mol. The molecule has 6 nitrogen and oxygen atoms in total. The van der Waals surface area contributed by atoms with Crippen molar-refractivity contribution in [2.24, 2.45) is 5.92 Å². The van der Waals surface area contributed by atoms with E-state index in [1.54, 1.807) is 4.90 Å². The number of ether oxygens (including phenoxy) is 1. The minimum Gasteiger partial charge on any atom is -0.450 e. The third-order valence-corrected chi connectivity index (χ3v) is 4.32. The average Bonchev–Trinajstić information content (AvgIpc) is 2.49. The number of nitrogens with zero attached hydrogens (tertiary/aromatic N) is 1. The predicted molar refractivity (Wildman–Crippen MR) is 80.0 cm³/mol. The second-order valence-corrected chi connectivity index (χ2v) is 5.93. The van der Waals surface area contributed by atoms with Gasteiger partial charge in [0.15, 0.2) is 0 Å². The van der Waals surface area contributed by atoms with E-state index in [0.29, 0.717) is 32.0 Å². The molecule has 6 heteroatoms. The van der Waals surface area contributed by atoms with Crippen molar-refractivity contribution in [2.45, 2.75) is 45.1 Å². The lowest BCUT2D eigenvalue weighted by Crippen LogP contribution is -2.47. The first kappa shape index (κ1) is 16.1. The van der Waals surface area contributed by atoms with E-state index in [9.17, 15) is 9.59 Å². The SMILES string of the molecule is CCOC(=O)N1CCC(NC(=O)CC2CCNCC2)CC1. The molecule has 0 saturated carbocycles. The maximum atomic E-state index is 12.1. The van der Waals surface area contributed by atoms with Crippen molar-refractivity contribution in [1.82, 2.24) is 15.5 Å². The fourth-order valence-corrected chi connectivity index (χ4v) is 3.06. The molecule has 2 amide bonds. The molecule has 2 N–H and O–H groups in total. The van der Waals surface area contributed by atoms with Crippen LogP contribution in [0.15, 0.2) is 0 Å². The van der Waals surface area contributed by atoms with Crippen molar-refractivity contribution in [3.63, 3.8) is 0 Å². The van der Waals surface area contributed by atoms with Crippen LogP contribution < -0.4 is 10.6 Å². The van der Waals surface area contributed by atoms with E-state index in [1.165, 1.54) is 0 Å². The van der Waals surface area contributed by atoms with Crippen LogP contribution in [0, 0.1) is 5.92 Å². The summed E-state index contributed by atoms with van der Waals surface area (Å²) < 4.78 is 4.99. The van der Waals surface area contributed by atoms with Crippen molar-refractivity contribution in [3.8, 4) is 0 Å². The molecule has 0 bridgehead atoms. The predicted octanol–water partition coefficient (Wildman–Crippen LogP) is 1.11. The summed E-state index contributed by atoms with van der Waals surface area (Å²) in [5.41, 5.74) is 0. The van der Waals surface area contributed by atoms with Gasteiger partial charge in [0.25, 0.3) is 0 Å². The number of hydrogen-bond donors (Lipinski definition) is 2. The number of rotatable bonds is 4. The van der Waals surface area contributed by atoms with E-state index in [2.05, 4.69) is 10.6 Å². The van der Waals surface area contributed by atoms with Gasteiger partial charge in [0.1, 0.15) is 0 Å². The van der Waals surface area contributed by atoms with Gasteiger partial charge in [0.05, 0.1) is 6.61 Å². The first-order valence-corrected chi connectivity index (χ1v) is 8.10. The van der Waals surface area contributed by atoms with E-state index in [4.69, 9.17) is 4.74 Å². The Balaban J connectivity index is 1.65. The van der Waals surface area contributed by atoms with Gasteiger partial charge in [-0.2, -0.15) is 0 Å². The number of piperidine rings is 2. The highest BCUT2D eigenvalue weighted by atomic mass is 16.6. The molecule has 2 aliphatic rings. The molecule has 120 valence electrons. The first-order valence-electron chi connectivity index (χ1n) is 8.10. The standard InChI is InChI=1S/C15H27N3O3/c1-2-21-15(20)18-9-5-13(6-10-18)17-14(19)11-12-3-7-16-8-4-12/h12-13,16H,2-11H2,1H3,(H,17,19). The lowest BCUT2D eigenvalue weighted by atomic mass is 9.94. The molecule has 0 aromatic rings. The summed E-state index contributed by atoms with van der Waals surface area (Å²) in [6, 6.07) is 0.199. The van der Waals surface area contributed by atoms with Crippen molar-refractivity contribution in [1.29, 1.82) is 0 Å². The monoisotopic (exact) mass is 297 g/mol. The van der Waals surface area contributed by atoms with Crippen molar-refractivity contribution >= 4 is 12.0 Å². The van der Waals surface area contributed by atoms with Gasteiger partial charge >= 0.3 is 6.09 Å². The lowest BCUT2D eigenvalue weighted by Gasteiger charge is -2.32. The summed E-state index contributed by atoms with van der Waals surface area (Å²) in [5.74, 6) is 0.683. The Hall–Kier alpha value is -1.30. The molecule has 0 aromatic heterocycles. The van der Waals surface area contributed by atoms with E-state index in [0.717, 1.165) is 38.8 Å². The summed E-state index contributed by atoms with van der Waals surface area (Å²) in [7, 11) is 0. The van der Waals surface area contributed by atoms with E-state index in [1.807, 2.05) is 6.92 Å². The molecule has 2 heterocycles. The smallest absolute Gasteiger partial charge is 0.409 e. The maximum absolute atomic E-state index is 12.1. The molecule has 2 aliphatic heterocycles. The number of nitrogens with one attached hydrogen (secondary N) is 2. The summed E-state index contributed by atoms with van der Waals surface area (Å²) in [4.78, 5) is 25.4. The normalized spacial score (nSPS) is 21.1. The molecule has 21 heavy (non-hydrogen) atoms. The lowest BCUT2D eigenvalue weighted by molar-refractivity contribution is -0.123. The van der Waals surface area contributed by atoms with Crippen LogP contribution in [0.2, 0.25) is 0 Å². The van der Waals surface area contributed by atoms with Gasteiger partial charge in [-0.15, -0.1) is 0 Å². The van der Waals surface area contributed by atoms with Crippen LogP contribution in [0.1, 0.15) is 39.0 Å². The Labute approximate surface area is 126 Å². The molecule has 0 spiro atoms. The second-order valence-electron chi connectivity index (χ2n) is 5.93. The maximum Gasteiger partial charge on any atom is 0.409 e. The van der Waals surface area contributed by atoms with Gasteiger partial charge in [0, 0.05) is 25.6 Å². The van der Waals surface area contributed by atoms with E-state index >= 15 is 0 Å². The Bertz CT molecular complexity index is 348. The highest BCUT2D eigenvalue weighted by Gasteiger charge is 2.25. The van der Waals surface area contributed by atoms with E-state index in [-0.39, 0.29) is 18.0 Å². The molecular formula is C15H27N3O3. The Morgan fingerprint density at radius 3 is 2.48 bits per heavy atom. The molecule has 0 aliphatic carbocycles. The van der Waals surface area contributed by atoms with Crippen LogP contribution in [0.4, 0.5) is 4.79 Å². The van der Waals surface area contributed by atoms with Gasteiger partial charge in [-0.1, -0.05) is 0 Å². The third kappa shape index (κ3) is 5.19. The average molecular weight is 297 g/mol. The minimum absolute atomic E-state index is 0.163. The highest BCUT2D eigenvalue weighted by molar-refractivity contribution is 5.76. The third-order valence-electron chi connectivity index (χ3n) is 4.32. The zero-order valence-electron chi connectivity index (χ0n) is 12.9. The van der Waals surface area contributed by atoms with Gasteiger partial charge in [-0.25, -0.2) is 4.79 Å². The van der Waals surface area contributed by atoms with Gasteiger partial charge in [0.2, 0.25) is 5.91 Å². The quantitative estimate of drug-likeness (QED) is 0.815. The Kier molecular flexibility index (Phi) is 6.29. The van der Waals surface area contributed by atoms with Crippen LogP contribution in [0.25, 0.3) is 0 Å². The number of likely N-dealkylation sites (tertiary alicyclic amines) is 1. The van der Waals surface area contributed by atoms with Crippen LogP contribution in [-0.4, -0.2) is 55.7 Å². The molecule has 2 rings (SSSR count). The van der Waals surface area contributed by atoms with Gasteiger partial charge in [-0.3, -0.25) is 4.79 Å². The summed E-state index contributed by atoms with van der Waals surface area (Å²) in [5, 5.41) is 6.43. The topological polar surface area (TPSA) is 70.7 Å². The van der Waals surface area contributed by atoms with E-state index < -0.39 is 0 Å². The number of amides is 2. The zero-order chi connectivity index (χ0) is 15.1. The van der Waals surface area contributed by atoms with Crippen molar-refractivity contribution < 1.29 is 14.3 Å². The summed E-state index contributed by atoms with van der Waals surface area (Å²) in [6.07, 6.45) is 4.22. The summed E-state index contributed by atoms with van der Waals surface area (Å²) in [6.45, 7) is 5.59. The van der Waals surface area contributed by atoms with Gasteiger partial charge < -0.3 is 20.3 Å². The number of carbonyl (C=O) groups is 2. The highest BCUT2D eigenvalue weighted by Crippen LogP contribution is 2.17. The molecule has 0 aromatic carbocycles. The second kappa shape index (κ2) is 8.22. The van der Waals surface area contributed by atoms with Crippen molar-refractivity contribution in [3.05, 3.63) is 0 Å².